The fraction of sp³-hybridized carbons (Fsp3) is 0.538. The van der Waals surface area contributed by atoms with Crippen LogP contribution in [0.4, 0.5) is 0 Å². The first-order valence-corrected chi connectivity index (χ1v) is 5.97. The van der Waals surface area contributed by atoms with Crippen molar-refractivity contribution in [3.05, 3.63) is 29.8 Å². The molecule has 0 spiro atoms. The summed E-state index contributed by atoms with van der Waals surface area (Å²) in [5.74, 6) is 1.31. The van der Waals surface area contributed by atoms with Crippen molar-refractivity contribution in [1.82, 2.24) is 0 Å². The minimum Gasteiger partial charge on any atom is -0.491 e. The number of hydrogen-bond acceptors (Lipinski definition) is 2. The summed E-state index contributed by atoms with van der Waals surface area (Å²) in [6.07, 6.45) is 0. The van der Waals surface area contributed by atoms with Gasteiger partial charge in [-0.25, -0.2) is 0 Å². The Hall–Kier alpha value is -0.730. The Labute approximate surface area is 103 Å². The van der Waals surface area contributed by atoms with Gasteiger partial charge in [-0.15, -0.1) is 11.6 Å². The fourth-order valence-electron chi connectivity index (χ4n) is 1.25. The second kappa shape index (κ2) is 6.12. The molecule has 1 rings (SSSR count). The number of alkyl halides is 1. The lowest BCUT2D eigenvalue weighted by Gasteiger charge is -2.19. The van der Waals surface area contributed by atoms with Crippen molar-refractivity contribution in [1.29, 1.82) is 0 Å². The molecule has 0 aliphatic carbocycles. The normalized spacial score (nSPS) is 11.5. The molecule has 0 fully saturated rings. The van der Waals surface area contributed by atoms with Gasteiger partial charge in [0.2, 0.25) is 0 Å². The van der Waals surface area contributed by atoms with Crippen LogP contribution in [0.15, 0.2) is 24.3 Å². The van der Waals surface area contributed by atoms with Gasteiger partial charge in [-0.2, -0.15) is 0 Å². The van der Waals surface area contributed by atoms with Gasteiger partial charge in [-0.3, -0.25) is 0 Å². The summed E-state index contributed by atoms with van der Waals surface area (Å²) in [7, 11) is 0. The van der Waals surface area contributed by atoms with Gasteiger partial charge < -0.3 is 9.47 Å². The summed E-state index contributed by atoms with van der Waals surface area (Å²) in [5, 5.41) is 0. The Bertz CT molecular complexity index is 318. The highest BCUT2D eigenvalue weighted by molar-refractivity contribution is 6.17. The molecule has 0 atom stereocenters. The average Bonchev–Trinajstić information content (AvgIpc) is 2.23. The SMILES string of the molecule is CC(C)(C)OCCOc1ccccc1CCl. The molecule has 0 unspecified atom stereocenters. The predicted molar refractivity (Wildman–Crippen MR) is 67.2 cm³/mol. The molecule has 1 aromatic rings. The van der Waals surface area contributed by atoms with Crippen molar-refractivity contribution in [2.45, 2.75) is 32.3 Å². The summed E-state index contributed by atoms with van der Waals surface area (Å²) in [6, 6.07) is 7.79. The Balaban J connectivity index is 2.37. The molecule has 1 aromatic carbocycles. The van der Waals surface area contributed by atoms with E-state index in [4.69, 9.17) is 21.1 Å². The Morgan fingerprint density at radius 1 is 1.12 bits per heavy atom. The summed E-state index contributed by atoms with van der Waals surface area (Å²) in [6.45, 7) is 7.21. The smallest absolute Gasteiger partial charge is 0.123 e. The molecule has 0 saturated heterocycles. The third kappa shape index (κ3) is 4.86. The van der Waals surface area contributed by atoms with E-state index in [9.17, 15) is 0 Å². The van der Waals surface area contributed by atoms with Crippen LogP contribution in [0.1, 0.15) is 26.3 Å². The van der Waals surface area contributed by atoms with Crippen LogP contribution in [0.2, 0.25) is 0 Å². The summed E-state index contributed by atoms with van der Waals surface area (Å²) in [4.78, 5) is 0. The molecule has 0 radical (unpaired) electrons. The molecule has 90 valence electrons. The van der Waals surface area contributed by atoms with Crippen LogP contribution in [-0.4, -0.2) is 18.8 Å². The van der Waals surface area contributed by atoms with Crippen molar-refractivity contribution < 1.29 is 9.47 Å². The van der Waals surface area contributed by atoms with Crippen molar-refractivity contribution in [2.24, 2.45) is 0 Å². The first-order valence-electron chi connectivity index (χ1n) is 5.43. The first kappa shape index (κ1) is 13.3. The standard InChI is InChI=1S/C13H19ClO2/c1-13(2,3)16-9-8-15-12-7-5-4-6-11(12)10-14/h4-7H,8-10H2,1-3H3. The maximum atomic E-state index is 5.81. The molecule has 0 saturated carbocycles. The van der Waals surface area contributed by atoms with Crippen LogP contribution < -0.4 is 4.74 Å². The average molecular weight is 243 g/mol. The van der Waals surface area contributed by atoms with E-state index in [-0.39, 0.29) is 5.60 Å². The molecule has 0 amide bonds. The third-order valence-electron chi connectivity index (χ3n) is 1.99. The predicted octanol–water partition coefficient (Wildman–Crippen LogP) is 3.62. The molecule has 0 heterocycles. The van der Waals surface area contributed by atoms with Gasteiger partial charge in [0.15, 0.2) is 0 Å². The van der Waals surface area contributed by atoms with E-state index >= 15 is 0 Å². The monoisotopic (exact) mass is 242 g/mol. The molecule has 0 aromatic heterocycles. The van der Waals surface area contributed by atoms with Gasteiger partial charge in [0.25, 0.3) is 0 Å². The van der Waals surface area contributed by atoms with Crippen molar-refractivity contribution in [2.75, 3.05) is 13.2 Å². The van der Waals surface area contributed by atoms with Crippen LogP contribution in [0.3, 0.4) is 0 Å². The number of hydrogen-bond donors (Lipinski definition) is 0. The van der Waals surface area contributed by atoms with Gasteiger partial charge in [0.05, 0.1) is 18.1 Å². The molecule has 2 nitrogen and oxygen atoms in total. The van der Waals surface area contributed by atoms with E-state index in [1.165, 1.54) is 0 Å². The van der Waals surface area contributed by atoms with Crippen LogP contribution in [-0.2, 0) is 10.6 Å². The zero-order valence-corrected chi connectivity index (χ0v) is 10.9. The summed E-state index contributed by atoms with van der Waals surface area (Å²) < 4.78 is 11.2. The third-order valence-corrected chi connectivity index (χ3v) is 2.28. The zero-order chi connectivity index (χ0) is 12.0. The second-order valence-corrected chi connectivity index (χ2v) is 4.82. The van der Waals surface area contributed by atoms with Crippen LogP contribution in [0.5, 0.6) is 5.75 Å². The minimum atomic E-state index is -0.116. The summed E-state index contributed by atoms with van der Waals surface area (Å²) >= 11 is 5.81. The second-order valence-electron chi connectivity index (χ2n) is 4.55. The van der Waals surface area contributed by atoms with E-state index in [0.717, 1.165) is 11.3 Å². The number of halogens is 1. The quantitative estimate of drug-likeness (QED) is 0.580. The van der Waals surface area contributed by atoms with E-state index < -0.39 is 0 Å². The lowest BCUT2D eigenvalue weighted by Crippen LogP contribution is -2.22. The van der Waals surface area contributed by atoms with E-state index in [1.54, 1.807) is 0 Å². The van der Waals surface area contributed by atoms with Crippen LogP contribution in [0.25, 0.3) is 0 Å². The highest BCUT2D eigenvalue weighted by Crippen LogP contribution is 2.19. The molecule has 3 heteroatoms. The molecule has 0 bridgehead atoms. The topological polar surface area (TPSA) is 18.5 Å². The van der Waals surface area contributed by atoms with Crippen molar-refractivity contribution >= 4 is 11.6 Å². The van der Waals surface area contributed by atoms with Crippen LogP contribution >= 0.6 is 11.6 Å². The van der Waals surface area contributed by atoms with Crippen molar-refractivity contribution in [3.8, 4) is 5.75 Å². The molecule has 16 heavy (non-hydrogen) atoms. The van der Waals surface area contributed by atoms with Gasteiger partial charge in [0, 0.05) is 5.56 Å². The van der Waals surface area contributed by atoms with E-state index in [2.05, 4.69) is 0 Å². The van der Waals surface area contributed by atoms with Crippen molar-refractivity contribution in [3.63, 3.8) is 0 Å². The maximum Gasteiger partial charge on any atom is 0.123 e. The number of rotatable bonds is 5. The number of benzene rings is 1. The maximum absolute atomic E-state index is 5.81. The molecular weight excluding hydrogens is 224 g/mol. The van der Waals surface area contributed by atoms with Gasteiger partial charge in [-0.1, -0.05) is 18.2 Å². The molecular formula is C13H19ClO2. The Morgan fingerprint density at radius 2 is 1.81 bits per heavy atom. The van der Waals surface area contributed by atoms with Gasteiger partial charge in [0.1, 0.15) is 12.4 Å². The lowest BCUT2D eigenvalue weighted by molar-refractivity contribution is -0.0163. The van der Waals surface area contributed by atoms with Crippen LogP contribution in [0, 0.1) is 0 Å². The fourth-order valence-corrected chi connectivity index (χ4v) is 1.48. The molecule has 0 aliphatic rings. The zero-order valence-electron chi connectivity index (χ0n) is 10.1. The van der Waals surface area contributed by atoms with E-state index in [0.29, 0.717) is 19.1 Å². The van der Waals surface area contributed by atoms with E-state index in [1.807, 2.05) is 45.0 Å². The Morgan fingerprint density at radius 3 is 2.44 bits per heavy atom. The minimum absolute atomic E-state index is 0.116. The highest BCUT2D eigenvalue weighted by atomic mass is 35.5. The lowest BCUT2D eigenvalue weighted by atomic mass is 10.2. The number of ether oxygens (including phenoxy) is 2. The highest BCUT2D eigenvalue weighted by Gasteiger charge is 2.09. The number of para-hydroxylation sites is 1. The summed E-state index contributed by atoms with van der Waals surface area (Å²) in [5.41, 5.74) is 0.898. The molecule has 0 aliphatic heterocycles. The Kier molecular flexibility index (Phi) is 5.10. The largest absolute Gasteiger partial charge is 0.491 e. The van der Waals surface area contributed by atoms with Gasteiger partial charge >= 0.3 is 0 Å². The molecule has 0 N–H and O–H groups in total. The van der Waals surface area contributed by atoms with Gasteiger partial charge in [-0.05, 0) is 26.8 Å². The first-order chi connectivity index (χ1) is 7.53.